The van der Waals surface area contributed by atoms with Gasteiger partial charge in [-0.3, -0.25) is 0 Å². The predicted octanol–water partition coefficient (Wildman–Crippen LogP) is 1.01. The van der Waals surface area contributed by atoms with Gasteiger partial charge >= 0.3 is 0 Å². The third-order valence-corrected chi connectivity index (χ3v) is 1.26. The number of aromatic nitrogens is 3. The summed E-state index contributed by atoms with van der Waals surface area (Å²) in [6.07, 6.45) is 2.84. The molecule has 0 bridgehead atoms. The van der Waals surface area contributed by atoms with Crippen molar-refractivity contribution in [3.05, 3.63) is 11.9 Å². The van der Waals surface area contributed by atoms with Gasteiger partial charge in [-0.05, 0) is 12.3 Å². The minimum Gasteiger partial charge on any atom is -0.188 e. The van der Waals surface area contributed by atoms with Gasteiger partial charge in [0.15, 0.2) is 0 Å². The van der Waals surface area contributed by atoms with Crippen molar-refractivity contribution >= 4 is 0 Å². The predicted molar refractivity (Wildman–Crippen MR) is 39.5 cm³/mol. The Morgan fingerprint density at radius 3 is 2.70 bits per heavy atom. The van der Waals surface area contributed by atoms with Gasteiger partial charge in [-0.1, -0.05) is 13.8 Å². The standard InChI is InChI=1S/C7H13N3/c1-6(2)4-7-5-8-10(3)9-7/h5-6H,4H2,1-3H3. The second-order valence-electron chi connectivity index (χ2n) is 2.92. The molecule has 1 rings (SSSR count). The van der Waals surface area contributed by atoms with Gasteiger partial charge in [0, 0.05) is 7.05 Å². The lowest BCUT2D eigenvalue weighted by Gasteiger charge is -1.97. The van der Waals surface area contributed by atoms with Crippen molar-refractivity contribution in [3.63, 3.8) is 0 Å². The number of hydrogen-bond donors (Lipinski definition) is 0. The largest absolute Gasteiger partial charge is 0.188 e. The van der Waals surface area contributed by atoms with Gasteiger partial charge in [0.2, 0.25) is 0 Å². The third-order valence-electron chi connectivity index (χ3n) is 1.26. The van der Waals surface area contributed by atoms with Crippen molar-refractivity contribution in [2.24, 2.45) is 13.0 Å². The number of nitrogens with zero attached hydrogens (tertiary/aromatic N) is 3. The Hall–Kier alpha value is -0.860. The van der Waals surface area contributed by atoms with Gasteiger partial charge in [0.1, 0.15) is 0 Å². The molecule has 0 aliphatic heterocycles. The molecule has 0 unspecified atom stereocenters. The summed E-state index contributed by atoms with van der Waals surface area (Å²) in [6.45, 7) is 4.35. The minimum atomic E-state index is 0.664. The molecule has 0 aliphatic carbocycles. The summed E-state index contributed by atoms with van der Waals surface area (Å²) in [6, 6.07) is 0. The van der Waals surface area contributed by atoms with Crippen LogP contribution < -0.4 is 0 Å². The molecule has 10 heavy (non-hydrogen) atoms. The fourth-order valence-electron chi connectivity index (χ4n) is 0.900. The monoisotopic (exact) mass is 139 g/mol. The molecule has 0 aromatic carbocycles. The normalized spacial score (nSPS) is 10.8. The van der Waals surface area contributed by atoms with Gasteiger partial charge in [0.25, 0.3) is 0 Å². The Bertz CT molecular complexity index is 202. The fraction of sp³-hybridized carbons (Fsp3) is 0.714. The Morgan fingerprint density at radius 2 is 2.30 bits per heavy atom. The molecule has 0 saturated carbocycles. The molecule has 0 saturated heterocycles. The molecule has 56 valence electrons. The maximum atomic E-state index is 4.16. The molecular weight excluding hydrogens is 126 g/mol. The first kappa shape index (κ1) is 7.25. The van der Waals surface area contributed by atoms with Crippen LogP contribution in [0.2, 0.25) is 0 Å². The summed E-state index contributed by atoms with van der Waals surface area (Å²) in [5.41, 5.74) is 1.08. The van der Waals surface area contributed by atoms with Gasteiger partial charge in [0.05, 0.1) is 11.9 Å². The highest BCUT2D eigenvalue weighted by atomic mass is 15.4. The third kappa shape index (κ3) is 1.83. The van der Waals surface area contributed by atoms with Crippen molar-refractivity contribution in [2.75, 3.05) is 0 Å². The molecule has 1 heterocycles. The van der Waals surface area contributed by atoms with Crippen LogP contribution in [-0.2, 0) is 13.5 Å². The highest BCUT2D eigenvalue weighted by molar-refractivity contribution is 4.91. The zero-order valence-corrected chi connectivity index (χ0v) is 6.70. The molecule has 3 nitrogen and oxygen atoms in total. The van der Waals surface area contributed by atoms with Crippen molar-refractivity contribution in [1.82, 2.24) is 15.0 Å². The Labute approximate surface area is 61.1 Å². The maximum absolute atomic E-state index is 4.16. The Balaban J connectivity index is 2.58. The second-order valence-corrected chi connectivity index (χ2v) is 2.92. The van der Waals surface area contributed by atoms with E-state index in [0.29, 0.717) is 5.92 Å². The number of rotatable bonds is 2. The molecular formula is C7H13N3. The van der Waals surface area contributed by atoms with Crippen LogP contribution in [0, 0.1) is 5.92 Å². The van der Waals surface area contributed by atoms with Gasteiger partial charge < -0.3 is 0 Å². The summed E-state index contributed by atoms with van der Waals surface area (Å²) >= 11 is 0. The quantitative estimate of drug-likeness (QED) is 0.612. The van der Waals surface area contributed by atoms with E-state index in [2.05, 4.69) is 24.0 Å². The molecule has 0 fully saturated rings. The molecule has 0 amide bonds. The van der Waals surface area contributed by atoms with Crippen molar-refractivity contribution in [3.8, 4) is 0 Å². The SMILES string of the molecule is CC(C)Cc1cnn(C)n1. The molecule has 1 aromatic rings. The van der Waals surface area contributed by atoms with Crippen LogP contribution in [0.5, 0.6) is 0 Å². The van der Waals surface area contributed by atoms with E-state index in [4.69, 9.17) is 0 Å². The number of hydrogen-bond acceptors (Lipinski definition) is 2. The molecule has 0 atom stereocenters. The van der Waals surface area contributed by atoms with Crippen LogP contribution >= 0.6 is 0 Å². The van der Waals surface area contributed by atoms with E-state index in [1.807, 2.05) is 13.2 Å². The first-order chi connectivity index (χ1) is 4.68. The van der Waals surface area contributed by atoms with E-state index in [1.165, 1.54) is 0 Å². The van der Waals surface area contributed by atoms with Crippen molar-refractivity contribution in [2.45, 2.75) is 20.3 Å². The first-order valence-electron chi connectivity index (χ1n) is 3.53. The van der Waals surface area contributed by atoms with E-state index in [0.717, 1.165) is 12.1 Å². The van der Waals surface area contributed by atoms with E-state index < -0.39 is 0 Å². The summed E-state index contributed by atoms with van der Waals surface area (Å²) in [5, 5.41) is 8.13. The average Bonchev–Trinajstić information content (AvgIpc) is 2.13. The summed E-state index contributed by atoms with van der Waals surface area (Å²) in [4.78, 5) is 1.59. The minimum absolute atomic E-state index is 0.664. The van der Waals surface area contributed by atoms with Crippen molar-refractivity contribution in [1.29, 1.82) is 0 Å². The second kappa shape index (κ2) is 2.82. The van der Waals surface area contributed by atoms with Crippen LogP contribution in [-0.4, -0.2) is 15.0 Å². The van der Waals surface area contributed by atoms with Crippen LogP contribution in [0.3, 0.4) is 0 Å². The van der Waals surface area contributed by atoms with Gasteiger partial charge in [-0.25, -0.2) is 0 Å². The molecule has 0 radical (unpaired) electrons. The lowest BCUT2D eigenvalue weighted by atomic mass is 10.1. The van der Waals surface area contributed by atoms with E-state index in [9.17, 15) is 0 Å². The topological polar surface area (TPSA) is 30.7 Å². The first-order valence-corrected chi connectivity index (χ1v) is 3.53. The van der Waals surface area contributed by atoms with Gasteiger partial charge in [-0.2, -0.15) is 15.0 Å². The summed E-state index contributed by atoms with van der Waals surface area (Å²) in [7, 11) is 1.84. The zero-order valence-electron chi connectivity index (χ0n) is 6.70. The number of aryl methyl sites for hydroxylation is 1. The Kier molecular flexibility index (Phi) is 2.04. The molecule has 0 spiro atoms. The van der Waals surface area contributed by atoms with Crippen LogP contribution in [0.25, 0.3) is 0 Å². The molecule has 0 N–H and O–H groups in total. The van der Waals surface area contributed by atoms with E-state index in [1.54, 1.807) is 4.80 Å². The lowest BCUT2D eigenvalue weighted by molar-refractivity contribution is 0.604. The van der Waals surface area contributed by atoms with E-state index in [-0.39, 0.29) is 0 Å². The maximum Gasteiger partial charge on any atom is 0.0829 e. The smallest absolute Gasteiger partial charge is 0.0829 e. The molecule has 1 aromatic heterocycles. The summed E-state index contributed by atoms with van der Waals surface area (Å²) < 4.78 is 0. The van der Waals surface area contributed by atoms with Crippen LogP contribution in [0.1, 0.15) is 19.5 Å². The van der Waals surface area contributed by atoms with E-state index >= 15 is 0 Å². The zero-order chi connectivity index (χ0) is 7.56. The highest BCUT2D eigenvalue weighted by Crippen LogP contribution is 2.01. The molecule has 3 heteroatoms. The highest BCUT2D eigenvalue weighted by Gasteiger charge is 1.99. The lowest BCUT2D eigenvalue weighted by Crippen LogP contribution is -1.97. The Morgan fingerprint density at radius 1 is 1.60 bits per heavy atom. The van der Waals surface area contributed by atoms with Crippen molar-refractivity contribution < 1.29 is 0 Å². The van der Waals surface area contributed by atoms with Crippen LogP contribution in [0.15, 0.2) is 6.20 Å². The molecule has 0 aliphatic rings. The van der Waals surface area contributed by atoms with Crippen LogP contribution in [0.4, 0.5) is 0 Å². The fourth-order valence-corrected chi connectivity index (χ4v) is 0.900. The average molecular weight is 139 g/mol. The summed E-state index contributed by atoms with van der Waals surface area (Å²) in [5.74, 6) is 0.664. The van der Waals surface area contributed by atoms with Gasteiger partial charge in [-0.15, -0.1) is 0 Å².